The van der Waals surface area contributed by atoms with Gasteiger partial charge >= 0.3 is 0 Å². The predicted molar refractivity (Wildman–Crippen MR) is 79.3 cm³/mol. The van der Waals surface area contributed by atoms with Crippen molar-refractivity contribution in [1.82, 2.24) is 20.6 Å². The van der Waals surface area contributed by atoms with E-state index in [0.717, 1.165) is 17.2 Å². The number of benzene rings is 1. The van der Waals surface area contributed by atoms with E-state index >= 15 is 0 Å². The molecule has 3 rings (SSSR count). The smallest absolute Gasteiger partial charge is 0.204 e. The van der Waals surface area contributed by atoms with Gasteiger partial charge in [0, 0.05) is 17.3 Å². The lowest BCUT2D eigenvalue weighted by Gasteiger charge is -2.29. The predicted octanol–water partition coefficient (Wildman–Crippen LogP) is 3.25. The summed E-state index contributed by atoms with van der Waals surface area (Å²) in [4.78, 5) is 0. The maximum atomic E-state index is 4.02. The van der Waals surface area contributed by atoms with Gasteiger partial charge in [0.2, 0.25) is 5.82 Å². The topological polar surface area (TPSA) is 66.5 Å². The number of nitrogens with one attached hydrogen (secondary N) is 2. The second-order valence-corrected chi connectivity index (χ2v) is 5.59. The van der Waals surface area contributed by atoms with Crippen LogP contribution in [0.2, 0.25) is 0 Å². The largest absolute Gasteiger partial charge is 0.382 e. The highest BCUT2D eigenvalue weighted by Gasteiger charge is 2.19. The van der Waals surface area contributed by atoms with Gasteiger partial charge in [-0.25, -0.2) is 0 Å². The zero-order valence-corrected chi connectivity index (χ0v) is 11.8. The third-order valence-corrected chi connectivity index (χ3v) is 4.26. The zero-order chi connectivity index (χ0) is 13.8. The average Bonchev–Trinajstić information content (AvgIpc) is 3.03. The van der Waals surface area contributed by atoms with Crippen LogP contribution in [0.25, 0.3) is 11.4 Å². The van der Waals surface area contributed by atoms with E-state index in [4.69, 9.17) is 0 Å². The average molecular weight is 271 g/mol. The SMILES string of the molecule is CCC1CCC(Nc2cccc(-c3nn[nH]n3)c2)CC1. The Bertz CT molecular complexity index is 529. The third-order valence-electron chi connectivity index (χ3n) is 4.26. The number of hydrogen-bond donors (Lipinski definition) is 2. The summed E-state index contributed by atoms with van der Waals surface area (Å²) in [5.41, 5.74) is 2.14. The molecule has 5 heteroatoms. The molecule has 2 aromatic rings. The maximum absolute atomic E-state index is 4.02. The van der Waals surface area contributed by atoms with Gasteiger partial charge in [-0.3, -0.25) is 0 Å². The van der Waals surface area contributed by atoms with Gasteiger partial charge in [0.15, 0.2) is 0 Å². The molecule has 0 amide bonds. The van der Waals surface area contributed by atoms with Crippen LogP contribution in [0.4, 0.5) is 5.69 Å². The van der Waals surface area contributed by atoms with Crippen molar-refractivity contribution in [2.75, 3.05) is 5.32 Å². The highest BCUT2D eigenvalue weighted by atomic mass is 15.5. The molecule has 1 aromatic carbocycles. The van der Waals surface area contributed by atoms with Crippen LogP contribution in [0, 0.1) is 5.92 Å². The first-order valence-corrected chi connectivity index (χ1v) is 7.45. The minimum atomic E-state index is 0.596. The van der Waals surface area contributed by atoms with Gasteiger partial charge < -0.3 is 5.32 Å². The highest BCUT2D eigenvalue weighted by Crippen LogP contribution is 2.29. The second kappa shape index (κ2) is 6.03. The molecular weight excluding hydrogens is 250 g/mol. The summed E-state index contributed by atoms with van der Waals surface area (Å²) in [5.74, 6) is 1.57. The Kier molecular flexibility index (Phi) is 3.95. The molecule has 1 saturated carbocycles. The molecule has 0 unspecified atom stereocenters. The number of H-pyrrole nitrogens is 1. The van der Waals surface area contributed by atoms with Crippen LogP contribution in [0.1, 0.15) is 39.0 Å². The van der Waals surface area contributed by atoms with Gasteiger partial charge in [-0.15, -0.1) is 10.2 Å². The van der Waals surface area contributed by atoms with E-state index in [9.17, 15) is 0 Å². The molecule has 20 heavy (non-hydrogen) atoms. The molecule has 1 aromatic heterocycles. The number of anilines is 1. The fourth-order valence-corrected chi connectivity index (χ4v) is 2.98. The van der Waals surface area contributed by atoms with Crippen molar-refractivity contribution in [3.05, 3.63) is 24.3 Å². The molecule has 0 bridgehead atoms. The molecular formula is C15H21N5. The molecule has 0 spiro atoms. The summed E-state index contributed by atoms with van der Waals surface area (Å²) in [6.45, 7) is 2.30. The first-order chi connectivity index (χ1) is 9.85. The number of hydrogen-bond acceptors (Lipinski definition) is 4. The molecule has 1 aliphatic carbocycles. The van der Waals surface area contributed by atoms with Crippen molar-refractivity contribution >= 4 is 5.69 Å². The normalized spacial score (nSPS) is 22.6. The molecule has 1 aliphatic rings. The standard InChI is InChI=1S/C15H21N5/c1-2-11-6-8-13(9-7-11)16-14-5-3-4-12(10-14)15-17-19-20-18-15/h3-5,10-11,13,16H,2,6-9H2,1H3,(H,17,18,19,20). The lowest BCUT2D eigenvalue weighted by atomic mass is 9.84. The van der Waals surface area contributed by atoms with Gasteiger partial charge in [0.1, 0.15) is 0 Å². The van der Waals surface area contributed by atoms with Crippen molar-refractivity contribution in [3.63, 3.8) is 0 Å². The van der Waals surface area contributed by atoms with E-state index in [2.05, 4.69) is 45.0 Å². The van der Waals surface area contributed by atoms with Crippen LogP contribution in [-0.2, 0) is 0 Å². The number of rotatable bonds is 4. The van der Waals surface area contributed by atoms with Crippen LogP contribution in [0.5, 0.6) is 0 Å². The van der Waals surface area contributed by atoms with Gasteiger partial charge in [0.25, 0.3) is 0 Å². The third kappa shape index (κ3) is 2.98. The van der Waals surface area contributed by atoms with Crippen molar-refractivity contribution in [3.8, 4) is 11.4 Å². The Labute approximate surface area is 119 Å². The molecule has 0 radical (unpaired) electrons. The van der Waals surface area contributed by atoms with Crippen LogP contribution >= 0.6 is 0 Å². The van der Waals surface area contributed by atoms with Gasteiger partial charge in [-0.1, -0.05) is 25.5 Å². The summed E-state index contributed by atoms with van der Waals surface area (Å²) in [6.07, 6.45) is 6.55. The van der Waals surface area contributed by atoms with Gasteiger partial charge in [-0.05, 0) is 48.9 Å². The molecule has 5 nitrogen and oxygen atoms in total. The molecule has 0 atom stereocenters. The number of tetrazole rings is 1. The van der Waals surface area contributed by atoms with Crippen molar-refractivity contribution < 1.29 is 0 Å². The van der Waals surface area contributed by atoms with E-state index in [1.165, 1.54) is 32.1 Å². The Morgan fingerprint density at radius 1 is 1.25 bits per heavy atom. The molecule has 1 fully saturated rings. The Hall–Kier alpha value is -1.91. The van der Waals surface area contributed by atoms with Crippen LogP contribution in [-0.4, -0.2) is 26.7 Å². The fourth-order valence-electron chi connectivity index (χ4n) is 2.98. The van der Waals surface area contributed by atoms with Crippen LogP contribution in [0.15, 0.2) is 24.3 Å². The Balaban J connectivity index is 1.65. The van der Waals surface area contributed by atoms with Gasteiger partial charge in [0.05, 0.1) is 0 Å². The quantitative estimate of drug-likeness (QED) is 0.895. The van der Waals surface area contributed by atoms with Crippen molar-refractivity contribution in [1.29, 1.82) is 0 Å². The fraction of sp³-hybridized carbons (Fsp3) is 0.533. The summed E-state index contributed by atoms with van der Waals surface area (Å²) < 4.78 is 0. The lowest BCUT2D eigenvalue weighted by molar-refractivity contribution is 0.330. The maximum Gasteiger partial charge on any atom is 0.204 e. The summed E-state index contributed by atoms with van der Waals surface area (Å²) in [7, 11) is 0. The summed E-state index contributed by atoms with van der Waals surface area (Å²) in [5, 5.41) is 17.8. The van der Waals surface area contributed by atoms with E-state index in [-0.39, 0.29) is 0 Å². The Morgan fingerprint density at radius 3 is 2.80 bits per heavy atom. The molecule has 106 valence electrons. The zero-order valence-electron chi connectivity index (χ0n) is 11.8. The number of aromatic amines is 1. The number of nitrogens with zero attached hydrogens (tertiary/aromatic N) is 3. The summed E-state index contributed by atoms with van der Waals surface area (Å²) >= 11 is 0. The number of aromatic nitrogens is 4. The molecule has 2 N–H and O–H groups in total. The molecule has 0 aliphatic heterocycles. The van der Waals surface area contributed by atoms with Crippen LogP contribution in [0.3, 0.4) is 0 Å². The first-order valence-electron chi connectivity index (χ1n) is 7.45. The van der Waals surface area contributed by atoms with Crippen LogP contribution < -0.4 is 5.32 Å². The minimum absolute atomic E-state index is 0.596. The van der Waals surface area contributed by atoms with E-state index in [1.807, 2.05) is 12.1 Å². The minimum Gasteiger partial charge on any atom is -0.382 e. The first kappa shape index (κ1) is 13.1. The van der Waals surface area contributed by atoms with Crippen molar-refractivity contribution in [2.24, 2.45) is 5.92 Å². The van der Waals surface area contributed by atoms with E-state index in [0.29, 0.717) is 11.9 Å². The highest BCUT2D eigenvalue weighted by molar-refractivity contribution is 5.61. The molecule has 0 saturated heterocycles. The second-order valence-electron chi connectivity index (χ2n) is 5.59. The van der Waals surface area contributed by atoms with E-state index < -0.39 is 0 Å². The molecule has 1 heterocycles. The lowest BCUT2D eigenvalue weighted by Crippen LogP contribution is -2.25. The van der Waals surface area contributed by atoms with Crippen molar-refractivity contribution in [2.45, 2.75) is 45.1 Å². The van der Waals surface area contributed by atoms with E-state index in [1.54, 1.807) is 0 Å². The summed E-state index contributed by atoms with van der Waals surface area (Å²) in [6, 6.07) is 8.83. The monoisotopic (exact) mass is 271 g/mol. The Morgan fingerprint density at radius 2 is 2.10 bits per heavy atom. The van der Waals surface area contributed by atoms with Gasteiger partial charge in [-0.2, -0.15) is 5.21 Å².